The molecule has 1 unspecified atom stereocenters. The highest BCUT2D eigenvalue weighted by molar-refractivity contribution is 5.71. The van der Waals surface area contributed by atoms with Gasteiger partial charge in [0.15, 0.2) is 17.8 Å². The zero-order valence-electron chi connectivity index (χ0n) is 14.7. The third kappa shape index (κ3) is 3.31. The number of carbonyl (C=O) groups is 1. The summed E-state index contributed by atoms with van der Waals surface area (Å²) < 4.78 is 6.91. The van der Waals surface area contributed by atoms with Crippen LogP contribution in [0.3, 0.4) is 0 Å². The Hall–Kier alpha value is -2.96. The van der Waals surface area contributed by atoms with Gasteiger partial charge in [-0.05, 0) is 30.5 Å². The van der Waals surface area contributed by atoms with Crippen molar-refractivity contribution in [3.63, 3.8) is 0 Å². The molecule has 3 rings (SSSR count). The van der Waals surface area contributed by atoms with E-state index in [0.29, 0.717) is 17.9 Å². The summed E-state index contributed by atoms with van der Waals surface area (Å²) in [5, 5.41) is 7.70. The lowest BCUT2D eigenvalue weighted by Gasteiger charge is -2.16. The number of ether oxygens (including phenoxy) is 1. The number of fused-ring (bicyclic) bond motifs is 1. The van der Waals surface area contributed by atoms with Gasteiger partial charge in [0, 0.05) is 5.56 Å². The molecule has 0 radical (unpaired) electrons. The molecule has 0 fully saturated rings. The second-order valence-corrected chi connectivity index (χ2v) is 6.16. The van der Waals surface area contributed by atoms with E-state index < -0.39 is 0 Å². The number of nitrogens with one attached hydrogen (secondary N) is 1. The number of carbonyl (C=O) groups excluding carboxylic acids is 1. The van der Waals surface area contributed by atoms with Crippen LogP contribution in [0.25, 0.3) is 5.65 Å². The SMILES string of the molecule is COc1cccc(C(C)Nc2nc(C=O)nc3c(C(C)C)cnn23)c1. The van der Waals surface area contributed by atoms with Crippen LogP contribution < -0.4 is 10.1 Å². The number of nitrogens with zero attached hydrogens (tertiary/aromatic N) is 4. The minimum absolute atomic E-state index is 0.0561. The topological polar surface area (TPSA) is 81.4 Å². The maximum Gasteiger partial charge on any atom is 0.228 e. The molecular weight excluding hydrogens is 318 g/mol. The van der Waals surface area contributed by atoms with Gasteiger partial charge in [-0.3, -0.25) is 4.79 Å². The normalized spacial score (nSPS) is 12.4. The van der Waals surface area contributed by atoms with Gasteiger partial charge in [0.25, 0.3) is 0 Å². The number of benzene rings is 1. The lowest BCUT2D eigenvalue weighted by Crippen LogP contribution is -2.14. The number of anilines is 1. The van der Waals surface area contributed by atoms with E-state index in [1.165, 1.54) is 0 Å². The summed E-state index contributed by atoms with van der Waals surface area (Å²) in [6.45, 7) is 6.13. The van der Waals surface area contributed by atoms with Gasteiger partial charge in [-0.15, -0.1) is 0 Å². The van der Waals surface area contributed by atoms with Crippen molar-refractivity contribution in [2.45, 2.75) is 32.7 Å². The Morgan fingerprint density at radius 2 is 2.04 bits per heavy atom. The highest BCUT2D eigenvalue weighted by Gasteiger charge is 2.16. The first-order valence-electron chi connectivity index (χ1n) is 8.14. The highest BCUT2D eigenvalue weighted by atomic mass is 16.5. The molecule has 0 saturated carbocycles. The Morgan fingerprint density at radius 1 is 1.24 bits per heavy atom. The summed E-state index contributed by atoms with van der Waals surface area (Å²) in [5.41, 5.74) is 2.66. The number of rotatable bonds is 6. The Bertz CT molecular complexity index is 904. The predicted molar refractivity (Wildman–Crippen MR) is 95.3 cm³/mol. The van der Waals surface area contributed by atoms with Crippen LogP contribution in [-0.2, 0) is 0 Å². The maximum atomic E-state index is 11.2. The van der Waals surface area contributed by atoms with Crippen molar-refractivity contribution in [3.8, 4) is 5.75 Å². The van der Waals surface area contributed by atoms with Gasteiger partial charge in [0.2, 0.25) is 5.95 Å². The molecule has 0 aliphatic rings. The molecule has 130 valence electrons. The zero-order valence-corrected chi connectivity index (χ0v) is 14.7. The van der Waals surface area contributed by atoms with Crippen molar-refractivity contribution in [2.75, 3.05) is 12.4 Å². The maximum absolute atomic E-state index is 11.2. The van der Waals surface area contributed by atoms with Crippen LogP contribution in [0.2, 0.25) is 0 Å². The molecule has 1 aromatic carbocycles. The van der Waals surface area contributed by atoms with Crippen LogP contribution in [0.5, 0.6) is 5.75 Å². The van der Waals surface area contributed by atoms with E-state index in [4.69, 9.17) is 4.74 Å². The van der Waals surface area contributed by atoms with Crippen molar-refractivity contribution in [1.82, 2.24) is 19.6 Å². The fourth-order valence-electron chi connectivity index (χ4n) is 2.65. The summed E-state index contributed by atoms with van der Waals surface area (Å²) in [6, 6.07) is 7.73. The van der Waals surface area contributed by atoms with Crippen LogP contribution >= 0.6 is 0 Å². The molecule has 1 N–H and O–H groups in total. The number of aldehydes is 1. The van der Waals surface area contributed by atoms with Crippen LogP contribution in [0, 0.1) is 0 Å². The summed E-state index contributed by atoms with van der Waals surface area (Å²) >= 11 is 0. The van der Waals surface area contributed by atoms with Crippen LogP contribution in [0.4, 0.5) is 5.95 Å². The smallest absolute Gasteiger partial charge is 0.228 e. The molecule has 7 heteroatoms. The average Bonchev–Trinajstić information content (AvgIpc) is 3.06. The molecular formula is C18H21N5O2. The standard InChI is InChI=1S/C18H21N5O2/c1-11(2)15-9-19-23-17(15)21-16(10-24)22-18(23)20-12(3)13-6-5-7-14(8-13)25-4/h5-12H,1-4H3,(H,20,21,22). The Kier molecular flexibility index (Phi) is 4.65. The summed E-state index contributed by atoms with van der Waals surface area (Å²) in [6.07, 6.45) is 2.42. The van der Waals surface area contributed by atoms with Gasteiger partial charge in [0.05, 0.1) is 19.3 Å². The van der Waals surface area contributed by atoms with Gasteiger partial charge >= 0.3 is 0 Å². The van der Waals surface area contributed by atoms with Crippen molar-refractivity contribution in [3.05, 3.63) is 47.4 Å². The lowest BCUT2D eigenvalue weighted by atomic mass is 10.1. The van der Waals surface area contributed by atoms with Crippen LogP contribution in [0.1, 0.15) is 54.5 Å². The van der Waals surface area contributed by atoms with Crippen molar-refractivity contribution in [1.29, 1.82) is 0 Å². The molecule has 0 saturated heterocycles. The van der Waals surface area contributed by atoms with E-state index in [1.807, 2.05) is 31.2 Å². The number of aromatic nitrogens is 4. The molecule has 0 spiro atoms. The van der Waals surface area contributed by atoms with E-state index in [2.05, 4.69) is 34.2 Å². The van der Waals surface area contributed by atoms with Gasteiger partial charge in [-0.1, -0.05) is 26.0 Å². The molecule has 25 heavy (non-hydrogen) atoms. The minimum atomic E-state index is -0.0561. The molecule has 7 nitrogen and oxygen atoms in total. The Morgan fingerprint density at radius 3 is 2.72 bits per heavy atom. The van der Waals surface area contributed by atoms with E-state index in [9.17, 15) is 4.79 Å². The largest absolute Gasteiger partial charge is 0.497 e. The number of hydrogen-bond acceptors (Lipinski definition) is 6. The lowest BCUT2D eigenvalue weighted by molar-refractivity contribution is 0.111. The molecule has 0 aliphatic heterocycles. The van der Waals surface area contributed by atoms with Gasteiger partial charge in [-0.25, -0.2) is 4.98 Å². The van der Waals surface area contributed by atoms with Crippen molar-refractivity contribution < 1.29 is 9.53 Å². The van der Waals surface area contributed by atoms with Crippen LogP contribution in [0.15, 0.2) is 30.5 Å². The van der Waals surface area contributed by atoms with Crippen molar-refractivity contribution in [2.24, 2.45) is 0 Å². The fraction of sp³-hybridized carbons (Fsp3) is 0.333. The summed E-state index contributed by atoms with van der Waals surface area (Å²) in [7, 11) is 1.64. The van der Waals surface area contributed by atoms with E-state index in [-0.39, 0.29) is 17.8 Å². The fourth-order valence-corrected chi connectivity index (χ4v) is 2.65. The van der Waals surface area contributed by atoms with Gasteiger partial charge in [-0.2, -0.15) is 14.6 Å². The van der Waals surface area contributed by atoms with Gasteiger partial charge < -0.3 is 10.1 Å². The van der Waals surface area contributed by atoms with E-state index >= 15 is 0 Å². The molecule has 0 amide bonds. The third-order valence-corrected chi connectivity index (χ3v) is 4.08. The molecule has 2 heterocycles. The quantitative estimate of drug-likeness (QED) is 0.694. The van der Waals surface area contributed by atoms with Crippen molar-refractivity contribution >= 4 is 17.9 Å². The highest BCUT2D eigenvalue weighted by Crippen LogP contribution is 2.24. The molecule has 2 aromatic heterocycles. The third-order valence-electron chi connectivity index (χ3n) is 4.08. The summed E-state index contributed by atoms with van der Waals surface area (Å²) in [4.78, 5) is 19.8. The van der Waals surface area contributed by atoms with E-state index in [1.54, 1.807) is 17.8 Å². The van der Waals surface area contributed by atoms with Crippen LogP contribution in [-0.4, -0.2) is 33.0 Å². The predicted octanol–water partition coefficient (Wildman–Crippen LogP) is 3.24. The molecule has 0 aliphatic carbocycles. The second kappa shape index (κ2) is 6.88. The van der Waals surface area contributed by atoms with E-state index in [0.717, 1.165) is 16.9 Å². The van der Waals surface area contributed by atoms with Gasteiger partial charge in [0.1, 0.15) is 5.75 Å². The number of hydrogen-bond donors (Lipinski definition) is 1. The Labute approximate surface area is 146 Å². The Balaban J connectivity index is 2.01. The first-order chi connectivity index (χ1) is 12.0. The molecule has 3 aromatic rings. The number of methoxy groups -OCH3 is 1. The second-order valence-electron chi connectivity index (χ2n) is 6.16. The molecule has 1 atom stereocenters. The average molecular weight is 339 g/mol. The minimum Gasteiger partial charge on any atom is -0.497 e. The molecule has 0 bridgehead atoms. The summed E-state index contributed by atoms with van der Waals surface area (Å²) in [5.74, 6) is 1.65. The zero-order chi connectivity index (χ0) is 18.0. The first-order valence-corrected chi connectivity index (χ1v) is 8.14. The monoisotopic (exact) mass is 339 g/mol. The first kappa shape index (κ1) is 16.9.